The molecule has 0 bridgehead atoms. The molecule has 0 aliphatic heterocycles. The van der Waals surface area contributed by atoms with Gasteiger partial charge in [0.05, 0.1) is 19.9 Å². The summed E-state index contributed by atoms with van der Waals surface area (Å²) in [5.41, 5.74) is 2.26. The fraction of sp³-hybridized carbons (Fsp3) is 0.150. The van der Waals surface area contributed by atoms with Crippen molar-refractivity contribution in [2.45, 2.75) is 0 Å². The third kappa shape index (κ3) is 3.82. The van der Waals surface area contributed by atoms with E-state index >= 15 is 0 Å². The number of rotatable bonds is 5. The molecule has 0 atom stereocenters. The average molecular weight is 365 g/mol. The Morgan fingerprint density at radius 2 is 1.59 bits per heavy atom. The summed E-state index contributed by atoms with van der Waals surface area (Å²) in [6, 6.07) is 15.5. The number of hydrogen-bond acceptors (Lipinski definition) is 5. The lowest BCUT2D eigenvalue weighted by molar-refractivity contribution is 0.102. The number of amides is 1. The number of benzene rings is 2. The molecular weight excluding hydrogens is 346 g/mol. The molecule has 0 aliphatic carbocycles. The van der Waals surface area contributed by atoms with Crippen LogP contribution in [0.5, 0.6) is 11.5 Å². The fourth-order valence-electron chi connectivity index (χ4n) is 2.65. The first-order chi connectivity index (χ1) is 13.0. The summed E-state index contributed by atoms with van der Waals surface area (Å²) >= 11 is 0. The third-order valence-electron chi connectivity index (χ3n) is 4.05. The zero-order valence-electron chi connectivity index (χ0n) is 15.2. The molecule has 0 fully saturated rings. The Kier molecular flexibility index (Phi) is 5.21. The van der Waals surface area contributed by atoms with Crippen LogP contribution < -0.4 is 20.3 Å². The molecule has 138 valence electrons. The SMILES string of the molecule is COc1cccc(OC)c1C(=O)Nc1ccc(-c2ccc(=O)n(C)n2)cc1. The molecule has 0 saturated carbocycles. The largest absolute Gasteiger partial charge is 0.496 e. The van der Waals surface area contributed by atoms with Gasteiger partial charge in [-0.15, -0.1) is 0 Å². The van der Waals surface area contributed by atoms with Gasteiger partial charge in [0.15, 0.2) is 0 Å². The monoisotopic (exact) mass is 365 g/mol. The van der Waals surface area contributed by atoms with Crippen LogP contribution in [0.15, 0.2) is 59.4 Å². The lowest BCUT2D eigenvalue weighted by atomic mass is 10.1. The molecule has 7 heteroatoms. The van der Waals surface area contributed by atoms with E-state index in [-0.39, 0.29) is 11.5 Å². The molecule has 0 saturated heterocycles. The summed E-state index contributed by atoms with van der Waals surface area (Å²) in [6.45, 7) is 0. The maximum atomic E-state index is 12.7. The van der Waals surface area contributed by atoms with Crippen LogP contribution in [0.4, 0.5) is 5.69 Å². The Hall–Kier alpha value is -3.61. The van der Waals surface area contributed by atoms with Crippen molar-refractivity contribution in [2.24, 2.45) is 7.05 Å². The summed E-state index contributed by atoms with van der Waals surface area (Å²) in [5, 5.41) is 7.04. The molecule has 0 spiro atoms. The maximum absolute atomic E-state index is 12.7. The number of nitrogens with one attached hydrogen (secondary N) is 1. The van der Waals surface area contributed by atoms with Crippen LogP contribution in [0, 0.1) is 0 Å². The molecule has 1 heterocycles. The lowest BCUT2D eigenvalue weighted by Crippen LogP contribution is -2.18. The third-order valence-corrected chi connectivity index (χ3v) is 4.05. The van der Waals surface area contributed by atoms with Crippen molar-refractivity contribution in [3.63, 3.8) is 0 Å². The molecular formula is C20H19N3O4. The van der Waals surface area contributed by atoms with Crippen molar-refractivity contribution < 1.29 is 14.3 Å². The number of ether oxygens (including phenoxy) is 2. The van der Waals surface area contributed by atoms with Gasteiger partial charge in [-0.1, -0.05) is 18.2 Å². The standard InChI is InChI=1S/C20H19N3O4/c1-23-18(24)12-11-15(22-23)13-7-9-14(10-8-13)21-20(25)19-16(26-2)5-4-6-17(19)27-3/h4-12H,1-3H3,(H,21,25). The van der Waals surface area contributed by atoms with Crippen molar-refractivity contribution >= 4 is 11.6 Å². The fourth-order valence-corrected chi connectivity index (χ4v) is 2.65. The molecule has 7 nitrogen and oxygen atoms in total. The van der Waals surface area contributed by atoms with Gasteiger partial charge in [0.1, 0.15) is 17.1 Å². The van der Waals surface area contributed by atoms with Crippen molar-refractivity contribution in [3.05, 3.63) is 70.5 Å². The molecule has 2 aromatic carbocycles. The Labute approximate surface area is 156 Å². The minimum Gasteiger partial charge on any atom is -0.496 e. The summed E-state index contributed by atoms with van der Waals surface area (Å²) in [6.07, 6.45) is 0. The minimum absolute atomic E-state index is 0.173. The van der Waals surface area contributed by atoms with Gasteiger partial charge in [-0.2, -0.15) is 5.10 Å². The molecule has 3 rings (SSSR count). The minimum atomic E-state index is -0.336. The first-order valence-corrected chi connectivity index (χ1v) is 8.20. The van der Waals surface area contributed by atoms with Gasteiger partial charge >= 0.3 is 0 Å². The highest BCUT2D eigenvalue weighted by Gasteiger charge is 2.18. The van der Waals surface area contributed by atoms with Gasteiger partial charge in [-0.25, -0.2) is 4.68 Å². The number of aromatic nitrogens is 2. The number of nitrogens with zero attached hydrogens (tertiary/aromatic N) is 2. The molecule has 0 radical (unpaired) electrons. The summed E-state index contributed by atoms with van der Waals surface area (Å²) in [4.78, 5) is 24.1. The van der Waals surface area contributed by atoms with Crippen molar-refractivity contribution in [2.75, 3.05) is 19.5 Å². The van der Waals surface area contributed by atoms with E-state index in [1.165, 1.54) is 25.0 Å². The second-order valence-corrected chi connectivity index (χ2v) is 5.75. The van der Waals surface area contributed by atoms with Crippen molar-refractivity contribution in [3.8, 4) is 22.8 Å². The molecule has 0 unspecified atom stereocenters. The van der Waals surface area contributed by atoms with E-state index in [9.17, 15) is 9.59 Å². The van der Waals surface area contributed by atoms with Crippen molar-refractivity contribution in [1.29, 1.82) is 0 Å². The second kappa shape index (κ2) is 7.74. The normalized spacial score (nSPS) is 10.3. The Balaban J connectivity index is 1.84. The second-order valence-electron chi connectivity index (χ2n) is 5.75. The molecule has 27 heavy (non-hydrogen) atoms. The van der Waals surface area contributed by atoms with Crippen LogP contribution in [0.1, 0.15) is 10.4 Å². The summed E-state index contributed by atoms with van der Waals surface area (Å²) in [7, 11) is 4.60. The van der Waals surface area contributed by atoms with Gasteiger partial charge in [0.25, 0.3) is 11.5 Å². The number of methoxy groups -OCH3 is 2. The van der Waals surface area contributed by atoms with Crippen LogP contribution in [-0.4, -0.2) is 29.9 Å². The summed E-state index contributed by atoms with van der Waals surface area (Å²) < 4.78 is 11.8. The maximum Gasteiger partial charge on any atom is 0.266 e. The van der Waals surface area contributed by atoms with E-state index in [0.717, 1.165) is 5.56 Å². The Morgan fingerprint density at radius 1 is 0.963 bits per heavy atom. The van der Waals surface area contributed by atoms with Gasteiger partial charge in [-0.3, -0.25) is 9.59 Å². The number of aryl methyl sites for hydroxylation is 1. The van der Waals surface area contributed by atoms with Crippen LogP contribution in [0.3, 0.4) is 0 Å². The lowest BCUT2D eigenvalue weighted by Gasteiger charge is -2.13. The molecule has 3 aromatic rings. The van der Waals surface area contributed by atoms with E-state index in [2.05, 4.69) is 10.4 Å². The molecule has 1 amide bonds. The number of hydrogen-bond donors (Lipinski definition) is 1. The van der Waals surface area contributed by atoms with Crippen LogP contribution in [-0.2, 0) is 7.05 Å². The quantitative estimate of drug-likeness (QED) is 0.752. The van der Waals surface area contributed by atoms with Gasteiger partial charge in [0, 0.05) is 24.4 Å². The summed E-state index contributed by atoms with van der Waals surface area (Å²) in [5.74, 6) is 0.521. The predicted octanol–water partition coefficient (Wildman–Crippen LogP) is 2.72. The zero-order chi connectivity index (χ0) is 19.4. The van der Waals surface area contributed by atoms with Gasteiger partial charge in [0.2, 0.25) is 0 Å². The molecule has 1 aromatic heterocycles. The average Bonchev–Trinajstić information content (AvgIpc) is 2.69. The van der Waals surface area contributed by atoms with Gasteiger partial charge in [-0.05, 0) is 30.3 Å². The van der Waals surface area contributed by atoms with E-state index in [1.807, 2.05) is 12.1 Å². The highest BCUT2D eigenvalue weighted by molar-refractivity contribution is 6.08. The number of anilines is 1. The smallest absolute Gasteiger partial charge is 0.266 e. The van der Waals surface area contributed by atoms with Crippen LogP contribution in [0.25, 0.3) is 11.3 Å². The predicted molar refractivity (Wildman–Crippen MR) is 102 cm³/mol. The van der Waals surface area contributed by atoms with E-state index < -0.39 is 0 Å². The first kappa shape index (κ1) is 18.2. The Bertz CT molecular complexity index is 1000. The van der Waals surface area contributed by atoms with Crippen LogP contribution in [0.2, 0.25) is 0 Å². The Morgan fingerprint density at radius 3 is 2.15 bits per heavy atom. The topological polar surface area (TPSA) is 82.5 Å². The highest BCUT2D eigenvalue weighted by atomic mass is 16.5. The molecule has 1 N–H and O–H groups in total. The van der Waals surface area contributed by atoms with Gasteiger partial charge < -0.3 is 14.8 Å². The number of carbonyl (C=O) groups excluding carboxylic acids is 1. The number of carbonyl (C=O) groups is 1. The van der Waals surface area contributed by atoms with E-state index in [1.54, 1.807) is 43.4 Å². The van der Waals surface area contributed by atoms with E-state index in [4.69, 9.17) is 9.47 Å². The zero-order valence-corrected chi connectivity index (χ0v) is 15.2. The van der Waals surface area contributed by atoms with E-state index in [0.29, 0.717) is 28.4 Å². The van der Waals surface area contributed by atoms with Crippen molar-refractivity contribution in [1.82, 2.24) is 9.78 Å². The highest BCUT2D eigenvalue weighted by Crippen LogP contribution is 2.29. The van der Waals surface area contributed by atoms with Crippen LogP contribution >= 0.6 is 0 Å². The molecule has 0 aliphatic rings. The first-order valence-electron chi connectivity index (χ1n) is 8.20.